The van der Waals surface area contributed by atoms with E-state index in [0.717, 1.165) is 23.6 Å². The summed E-state index contributed by atoms with van der Waals surface area (Å²) in [7, 11) is -2.22. The van der Waals surface area contributed by atoms with Crippen LogP contribution in [0.25, 0.3) is 0 Å². The minimum absolute atomic E-state index is 0.0867. The van der Waals surface area contributed by atoms with Crippen molar-refractivity contribution < 1.29 is 22.7 Å². The first-order valence-corrected chi connectivity index (χ1v) is 10.3. The Morgan fingerprint density at radius 1 is 1.17 bits per heavy atom. The summed E-state index contributed by atoms with van der Waals surface area (Å²) in [6, 6.07) is 8.26. The third-order valence-corrected chi connectivity index (χ3v) is 6.22. The molecule has 154 valence electrons. The molecule has 0 aliphatic carbocycles. The zero-order valence-corrected chi connectivity index (χ0v) is 16.5. The molecule has 1 aliphatic rings. The number of amides is 1. The van der Waals surface area contributed by atoms with Crippen LogP contribution in [0.2, 0.25) is 0 Å². The Bertz CT molecular complexity index is 1090. The number of carbonyl (C=O) groups excluding carboxylic acids is 2. The number of hydrogen-bond donors (Lipinski definition) is 1. The number of anilines is 1. The fraction of sp³-hybridized carbons (Fsp3) is 0.333. The summed E-state index contributed by atoms with van der Waals surface area (Å²) >= 11 is 0. The molecule has 11 heteroatoms. The lowest BCUT2D eigenvalue weighted by atomic mass is 10.3. The number of aromatic nitrogens is 2. The second-order valence-corrected chi connectivity index (χ2v) is 8.38. The summed E-state index contributed by atoms with van der Waals surface area (Å²) < 4.78 is 32.5. The fourth-order valence-electron chi connectivity index (χ4n) is 2.83. The quantitative estimate of drug-likeness (QED) is 0.668. The van der Waals surface area contributed by atoms with Gasteiger partial charge in [-0.15, -0.1) is 0 Å². The van der Waals surface area contributed by atoms with Crippen LogP contribution in [0.5, 0.6) is 0 Å². The number of rotatable bonds is 6. The largest absolute Gasteiger partial charge is 0.451 e. The summed E-state index contributed by atoms with van der Waals surface area (Å²) in [5.74, 6) is -1.50. The van der Waals surface area contributed by atoms with Crippen molar-refractivity contribution in [3.63, 3.8) is 0 Å². The van der Waals surface area contributed by atoms with Gasteiger partial charge in [-0.3, -0.25) is 9.59 Å². The summed E-state index contributed by atoms with van der Waals surface area (Å²) in [5, 5.41) is 6.24. The first kappa shape index (κ1) is 20.7. The van der Waals surface area contributed by atoms with E-state index < -0.39 is 28.5 Å². The molecule has 1 amide bonds. The third kappa shape index (κ3) is 4.87. The SMILES string of the molecule is Cn1nc(C(=O)OCC(=O)Nc2cccc(S(=O)(=O)N3CCCC3)c2)ccc1=O. The van der Waals surface area contributed by atoms with Gasteiger partial charge in [0.2, 0.25) is 10.0 Å². The van der Waals surface area contributed by atoms with Gasteiger partial charge in [0, 0.05) is 31.9 Å². The highest BCUT2D eigenvalue weighted by Gasteiger charge is 2.27. The first-order valence-electron chi connectivity index (χ1n) is 8.89. The Balaban J connectivity index is 1.61. The molecule has 1 saturated heterocycles. The van der Waals surface area contributed by atoms with Gasteiger partial charge in [0.25, 0.3) is 11.5 Å². The normalized spacial score (nSPS) is 14.5. The number of sulfonamides is 1. The molecule has 3 rings (SSSR count). The van der Waals surface area contributed by atoms with Gasteiger partial charge in [-0.05, 0) is 37.1 Å². The van der Waals surface area contributed by atoms with Crippen LogP contribution >= 0.6 is 0 Å². The fourth-order valence-corrected chi connectivity index (χ4v) is 4.39. The molecule has 1 aromatic heterocycles. The molecule has 1 fully saturated rings. The number of carbonyl (C=O) groups is 2. The maximum atomic E-state index is 12.6. The molecule has 0 bridgehead atoms. The molecular weight excluding hydrogens is 400 g/mol. The topological polar surface area (TPSA) is 128 Å². The predicted molar refractivity (Wildman–Crippen MR) is 103 cm³/mol. The maximum absolute atomic E-state index is 12.6. The molecule has 0 saturated carbocycles. The van der Waals surface area contributed by atoms with E-state index in [9.17, 15) is 22.8 Å². The number of hydrogen-bond acceptors (Lipinski definition) is 7. The van der Waals surface area contributed by atoms with E-state index in [1.165, 1.54) is 41.7 Å². The van der Waals surface area contributed by atoms with Gasteiger partial charge in [0.05, 0.1) is 4.90 Å². The Morgan fingerprint density at radius 3 is 2.59 bits per heavy atom. The maximum Gasteiger partial charge on any atom is 0.359 e. The number of benzene rings is 1. The molecule has 0 atom stereocenters. The molecule has 0 unspecified atom stereocenters. The number of ether oxygens (including phenoxy) is 1. The zero-order chi connectivity index (χ0) is 21.0. The molecular formula is C18H20N4O6S. The van der Waals surface area contributed by atoms with Crippen molar-refractivity contribution >= 4 is 27.6 Å². The standard InChI is InChI=1S/C18H20N4O6S/c1-21-17(24)8-7-15(20-21)18(25)28-12-16(23)19-13-5-4-6-14(11-13)29(26,27)22-9-2-3-10-22/h4-8,11H,2-3,9-10,12H2,1H3,(H,19,23). The van der Waals surface area contributed by atoms with Gasteiger partial charge >= 0.3 is 5.97 Å². The van der Waals surface area contributed by atoms with Gasteiger partial charge in [0.15, 0.2) is 12.3 Å². The van der Waals surface area contributed by atoms with Crippen LogP contribution < -0.4 is 10.9 Å². The van der Waals surface area contributed by atoms with Crippen molar-refractivity contribution in [2.24, 2.45) is 7.05 Å². The minimum atomic E-state index is -3.61. The highest BCUT2D eigenvalue weighted by molar-refractivity contribution is 7.89. The van der Waals surface area contributed by atoms with Crippen molar-refractivity contribution in [3.8, 4) is 0 Å². The van der Waals surface area contributed by atoms with E-state index in [1.807, 2.05) is 0 Å². The second-order valence-electron chi connectivity index (χ2n) is 6.44. The number of nitrogens with one attached hydrogen (secondary N) is 1. The zero-order valence-electron chi connectivity index (χ0n) is 15.7. The monoisotopic (exact) mass is 420 g/mol. The second kappa shape index (κ2) is 8.53. The van der Waals surface area contributed by atoms with E-state index in [-0.39, 0.29) is 21.8 Å². The van der Waals surface area contributed by atoms with Gasteiger partial charge in [-0.25, -0.2) is 17.9 Å². The number of aryl methyl sites for hydroxylation is 1. The van der Waals surface area contributed by atoms with Crippen LogP contribution in [-0.4, -0.2) is 54.1 Å². The Labute approximate surface area is 167 Å². The molecule has 10 nitrogen and oxygen atoms in total. The number of nitrogens with zero attached hydrogens (tertiary/aromatic N) is 3. The van der Waals surface area contributed by atoms with Crippen LogP contribution in [0.4, 0.5) is 5.69 Å². The third-order valence-electron chi connectivity index (χ3n) is 4.32. The molecule has 1 aliphatic heterocycles. The van der Waals surface area contributed by atoms with E-state index in [2.05, 4.69) is 10.4 Å². The molecule has 2 aromatic rings. The predicted octanol–water partition coefficient (Wildman–Crippen LogP) is 0.360. The first-order chi connectivity index (χ1) is 13.8. The Morgan fingerprint density at radius 2 is 1.90 bits per heavy atom. The van der Waals surface area contributed by atoms with Gasteiger partial charge < -0.3 is 10.1 Å². The molecule has 0 spiro atoms. The Hall–Kier alpha value is -3.05. The smallest absolute Gasteiger partial charge is 0.359 e. The molecule has 0 radical (unpaired) electrons. The van der Waals surface area contributed by atoms with Crippen LogP contribution in [-0.2, 0) is 26.6 Å². The minimum Gasteiger partial charge on any atom is -0.451 e. The summed E-state index contributed by atoms with van der Waals surface area (Å²) in [5.41, 5.74) is -0.229. The van der Waals surface area contributed by atoms with E-state index >= 15 is 0 Å². The number of esters is 1. The van der Waals surface area contributed by atoms with E-state index in [0.29, 0.717) is 13.1 Å². The van der Waals surface area contributed by atoms with Crippen LogP contribution in [0.15, 0.2) is 46.1 Å². The van der Waals surface area contributed by atoms with Crippen molar-refractivity contribution in [2.75, 3.05) is 25.0 Å². The van der Waals surface area contributed by atoms with Crippen LogP contribution in [0.3, 0.4) is 0 Å². The van der Waals surface area contributed by atoms with E-state index in [1.54, 1.807) is 0 Å². The summed E-state index contributed by atoms with van der Waals surface area (Å²) in [4.78, 5) is 35.4. The lowest BCUT2D eigenvalue weighted by molar-refractivity contribution is -0.119. The van der Waals surface area contributed by atoms with Crippen molar-refractivity contribution in [1.82, 2.24) is 14.1 Å². The highest BCUT2D eigenvalue weighted by Crippen LogP contribution is 2.23. The Kier molecular flexibility index (Phi) is 6.09. The van der Waals surface area contributed by atoms with E-state index in [4.69, 9.17) is 4.74 Å². The average molecular weight is 420 g/mol. The van der Waals surface area contributed by atoms with Gasteiger partial charge in [-0.1, -0.05) is 6.07 Å². The van der Waals surface area contributed by atoms with Crippen LogP contribution in [0.1, 0.15) is 23.3 Å². The van der Waals surface area contributed by atoms with Crippen molar-refractivity contribution in [1.29, 1.82) is 0 Å². The van der Waals surface area contributed by atoms with Crippen molar-refractivity contribution in [2.45, 2.75) is 17.7 Å². The highest BCUT2D eigenvalue weighted by atomic mass is 32.2. The molecule has 2 heterocycles. The van der Waals surface area contributed by atoms with Crippen LogP contribution in [0, 0.1) is 0 Å². The van der Waals surface area contributed by atoms with Gasteiger partial charge in [-0.2, -0.15) is 9.40 Å². The lowest BCUT2D eigenvalue weighted by Gasteiger charge is -2.16. The van der Waals surface area contributed by atoms with Gasteiger partial charge in [0.1, 0.15) is 0 Å². The lowest BCUT2D eigenvalue weighted by Crippen LogP contribution is -2.28. The molecule has 1 N–H and O–H groups in total. The van der Waals surface area contributed by atoms with Crippen molar-refractivity contribution in [3.05, 3.63) is 52.4 Å². The molecule has 29 heavy (non-hydrogen) atoms. The average Bonchev–Trinajstić information content (AvgIpc) is 3.24. The summed E-state index contributed by atoms with van der Waals surface area (Å²) in [6.07, 6.45) is 1.65. The summed E-state index contributed by atoms with van der Waals surface area (Å²) in [6.45, 7) is 0.369. The molecule has 1 aromatic carbocycles.